The first-order valence-corrected chi connectivity index (χ1v) is 8.41. The van der Waals surface area contributed by atoms with E-state index in [9.17, 15) is 14.9 Å². The van der Waals surface area contributed by atoms with E-state index in [2.05, 4.69) is 15.3 Å². The van der Waals surface area contributed by atoms with Gasteiger partial charge in [0.05, 0.1) is 29.6 Å². The molecule has 0 saturated carbocycles. The van der Waals surface area contributed by atoms with Gasteiger partial charge in [0.2, 0.25) is 0 Å². The number of anilines is 2. The lowest BCUT2D eigenvalue weighted by molar-refractivity contribution is -0.385. The van der Waals surface area contributed by atoms with E-state index in [-0.39, 0.29) is 18.0 Å². The van der Waals surface area contributed by atoms with Crippen LogP contribution in [0.15, 0.2) is 29.9 Å². The molecule has 1 aromatic carbocycles. The minimum absolute atomic E-state index is 0.149. The third-order valence-electron chi connectivity index (χ3n) is 3.50. The summed E-state index contributed by atoms with van der Waals surface area (Å²) in [6.45, 7) is 1.97. The van der Waals surface area contributed by atoms with Crippen molar-refractivity contribution in [1.82, 2.24) is 9.97 Å². The second-order valence-electron chi connectivity index (χ2n) is 5.04. The zero-order valence-electron chi connectivity index (χ0n) is 13.9. The van der Waals surface area contributed by atoms with Gasteiger partial charge in [0.15, 0.2) is 5.75 Å². The highest BCUT2D eigenvalue weighted by Crippen LogP contribution is 2.34. The largest absolute Gasteiger partial charge is 0.490 e. The fourth-order valence-electron chi connectivity index (χ4n) is 2.38. The van der Waals surface area contributed by atoms with Crippen LogP contribution < -0.4 is 10.1 Å². The minimum atomic E-state index is -0.534. The molecule has 0 saturated heterocycles. The number of benzene rings is 1. The first-order valence-electron chi connectivity index (χ1n) is 7.54. The van der Waals surface area contributed by atoms with E-state index < -0.39 is 10.9 Å². The second kappa shape index (κ2) is 7.31. The maximum absolute atomic E-state index is 12.1. The number of carbonyl (C=O) groups is 1. The maximum Gasteiger partial charge on any atom is 0.339 e. The Morgan fingerprint density at radius 3 is 2.88 bits per heavy atom. The van der Waals surface area contributed by atoms with E-state index in [0.29, 0.717) is 27.3 Å². The third kappa shape index (κ3) is 3.26. The van der Waals surface area contributed by atoms with Gasteiger partial charge in [-0.25, -0.2) is 14.8 Å². The molecule has 0 aliphatic rings. The van der Waals surface area contributed by atoms with E-state index in [1.54, 1.807) is 18.4 Å². The number of aromatic nitrogens is 2. The zero-order chi connectivity index (χ0) is 18.7. The summed E-state index contributed by atoms with van der Waals surface area (Å²) in [5.74, 6) is 0.0345. The molecule has 9 nitrogen and oxygen atoms in total. The third-order valence-corrected chi connectivity index (χ3v) is 4.39. The summed E-state index contributed by atoms with van der Waals surface area (Å²) in [5.41, 5.74) is 0.593. The number of nitro benzene ring substituents is 1. The van der Waals surface area contributed by atoms with Crippen LogP contribution >= 0.6 is 11.3 Å². The summed E-state index contributed by atoms with van der Waals surface area (Å²) in [5, 5.41) is 16.3. The Balaban J connectivity index is 2.04. The number of esters is 1. The van der Waals surface area contributed by atoms with E-state index >= 15 is 0 Å². The summed E-state index contributed by atoms with van der Waals surface area (Å²) in [6, 6.07) is 4.44. The van der Waals surface area contributed by atoms with Gasteiger partial charge in [-0.3, -0.25) is 10.1 Å². The smallest absolute Gasteiger partial charge is 0.339 e. The number of methoxy groups -OCH3 is 1. The number of nitrogens with zero attached hydrogens (tertiary/aromatic N) is 3. The van der Waals surface area contributed by atoms with Gasteiger partial charge in [0, 0.05) is 17.1 Å². The highest BCUT2D eigenvalue weighted by Gasteiger charge is 2.20. The molecule has 1 N–H and O–H groups in total. The molecule has 26 heavy (non-hydrogen) atoms. The number of hydrogen-bond donors (Lipinski definition) is 1. The van der Waals surface area contributed by atoms with Gasteiger partial charge in [-0.15, -0.1) is 11.3 Å². The molecule has 0 amide bonds. The fraction of sp³-hybridized carbons (Fsp3) is 0.188. The molecule has 0 atom stereocenters. The van der Waals surface area contributed by atoms with Crippen LogP contribution in [0.25, 0.3) is 10.2 Å². The van der Waals surface area contributed by atoms with Crippen molar-refractivity contribution in [2.45, 2.75) is 6.92 Å². The number of nitro groups is 1. The monoisotopic (exact) mass is 374 g/mol. The van der Waals surface area contributed by atoms with Crippen LogP contribution in [0, 0.1) is 10.1 Å². The summed E-state index contributed by atoms with van der Waals surface area (Å²) in [6.07, 6.45) is 1.36. The van der Waals surface area contributed by atoms with Crippen LogP contribution in [-0.4, -0.2) is 34.6 Å². The molecule has 3 rings (SSSR count). The van der Waals surface area contributed by atoms with Crippen LogP contribution in [0.1, 0.15) is 17.3 Å². The Morgan fingerprint density at radius 1 is 1.38 bits per heavy atom. The zero-order valence-corrected chi connectivity index (χ0v) is 14.7. The van der Waals surface area contributed by atoms with Crippen molar-refractivity contribution >= 4 is 44.7 Å². The van der Waals surface area contributed by atoms with Crippen molar-refractivity contribution in [3.63, 3.8) is 0 Å². The van der Waals surface area contributed by atoms with Gasteiger partial charge in [0.1, 0.15) is 17.0 Å². The predicted molar refractivity (Wildman–Crippen MR) is 96.3 cm³/mol. The van der Waals surface area contributed by atoms with Crippen molar-refractivity contribution in [3.8, 4) is 5.75 Å². The molecule has 0 aliphatic carbocycles. The number of ether oxygens (including phenoxy) is 2. The lowest BCUT2D eigenvalue weighted by Crippen LogP contribution is -2.05. The number of fused-ring (bicyclic) bond motifs is 1. The summed E-state index contributed by atoms with van der Waals surface area (Å²) in [4.78, 5) is 31.7. The van der Waals surface area contributed by atoms with Crippen molar-refractivity contribution in [1.29, 1.82) is 0 Å². The van der Waals surface area contributed by atoms with Gasteiger partial charge in [-0.1, -0.05) is 0 Å². The molecule has 2 heterocycles. The van der Waals surface area contributed by atoms with Crippen molar-refractivity contribution in [3.05, 3.63) is 45.6 Å². The molecular formula is C16H14N4O5S. The van der Waals surface area contributed by atoms with Gasteiger partial charge >= 0.3 is 11.7 Å². The van der Waals surface area contributed by atoms with E-state index in [1.165, 1.54) is 36.9 Å². The average Bonchev–Trinajstić information content (AvgIpc) is 3.07. The van der Waals surface area contributed by atoms with E-state index in [0.717, 1.165) is 0 Å². The Labute approximate surface area is 151 Å². The molecule has 0 fully saturated rings. The second-order valence-corrected chi connectivity index (χ2v) is 5.90. The van der Waals surface area contributed by atoms with E-state index in [4.69, 9.17) is 9.47 Å². The lowest BCUT2D eigenvalue weighted by atomic mass is 10.2. The molecule has 0 unspecified atom stereocenters. The number of hydrogen-bond acceptors (Lipinski definition) is 9. The van der Waals surface area contributed by atoms with Gasteiger partial charge in [0.25, 0.3) is 0 Å². The standard InChI is InChI=1S/C16H14N4O5S/c1-3-25-16(21)10-7-26-15-13(10)14(17-8-18-15)19-9-4-5-12(24-2)11(6-9)20(22)23/h4-8H,3H2,1-2H3,(H,17,18,19). The molecule has 3 aromatic rings. The molecule has 0 spiro atoms. The molecule has 0 radical (unpaired) electrons. The Bertz CT molecular complexity index is 988. The minimum Gasteiger partial charge on any atom is -0.490 e. The van der Waals surface area contributed by atoms with Crippen LogP contribution in [0.5, 0.6) is 5.75 Å². The first kappa shape index (κ1) is 17.5. The summed E-state index contributed by atoms with van der Waals surface area (Å²) < 4.78 is 10.1. The summed E-state index contributed by atoms with van der Waals surface area (Å²) >= 11 is 1.29. The number of thiophene rings is 1. The van der Waals surface area contributed by atoms with Gasteiger partial charge in [-0.05, 0) is 19.1 Å². The lowest BCUT2D eigenvalue weighted by Gasteiger charge is -2.09. The Morgan fingerprint density at radius 2 is 2.19 bits per heavy atom. The molecule has 10 heteroatoms. The Kier molecular flexibility index (Phi) is 4.94. The van der Waals surface area contributed by atoms with Crippen LogP contribution in [0.4, 0.5) is 17.2 Å². The van der Waals surface area contributed by atoms with E-state index in [1.807, 2.05) is 0 Å². The van der Waals surface area contributed by atoms with Crippen molar-refractivity contribution in [2.75, 3.05) is 19.0 Å². The highest BCUT2D eigenvalue weighted by atomic mass is 32.1. The molecule has 0 aliphatic heterocycles. The average molecular weight is 374 g/mol. The number of nitrogens with one attached hydrogen (secondary N) is 1. The van der Waals surface area contributed by atoms with Crippen LogP contribution in [0.3, 0.4) is 0 Å². The summed E-state index contributed by atoms with van der Waals surface area (Å²) in [7, 11) is 1.36. The fourth-order valence-corrected chi connectivity index (χ4v) is 3.25. The van der Waals surface area contributed by atoms with Gasteiger partial charge < -0.3 is 14.8 Å². The normalized spacial score (nSPS) is 10.5. The first-order chi connectivity index (χ1) is 12.5. The molecular weight excluding hydrogens is 360 g/mol. The molecule has 134 valence electrons. The number of rotatable bonds is 6. The quantitative estimate of drug-likeness (QED) is 0.396. The SMILES string of the molecule is CCOC(=O)c1csc2ncnc(Nc3ccc(OC)c([N+](=O)[O-])c3)c12. The highest BCUT2D eigenvalue weighted by molar-refractivity contribution is 7.17. The van der Waals surface area contributed by atoms with Crippen LogP contribution in [0.2, 0.25) is 0 Å². The number of carbonyl (C=O) groups excluding carboxylic acids is 1. The van der Waals surface area contributed by atoms with Gasteiger partial charge in [-0.2, -0.15) is 0 Å². The van der Waals surface area contributed by atoms with Crippen molar-refractivity contribution in [2.24, 2.45) is 0 Å². The topological polar surface area (TPSA) is 116 Å². The molecule has 2 aromatic heterocycles. The Hall–Kier alpha value is -3.27. The van der Waals surface area contributed by atoms with Crippen molar-refractivity contribution < 1.29 is 19.2 Å². The van der Waals surface area contributed by atoms with Crippen LogP contribution in [-0.2, 0) is 4.74 Å². The maximum atomic E-state index is 12.1. The predicted octanol–water partition coefficient (Wildman–Crippen LogP) is 3.53. The molecule has 0 bridgehead atoms.